The molecule has 178 valence electrons. The molecule has 2 aliphatic heterocycles. The van der Waals surface area contributed by atoms with Crippen molar-refractivity contribution in [3.63, 3.8) is 0 Å². The van der Waals surface area contributed by atoms with E-state index in [4.69, 9.17) is 33.2 Å². The topological polar surface area (TPSA) is 74.9 Å². The summed E-state index contributed by atoms with van der Waals surface area (Å²) in [6, 6.07) is 13.6. The SMILES string of the molecule is CCOc1cccc2c1O[C@@H](c1cc(OC)c(OC)c(OC)c1)N1N=C(c3ccc(C)o3)C[C@H]21. The van der Waals surface area contributed by atoms with Gasteiger partial charge in [-0.05, 0) is 44.2 Å². The van der Waals surface area contributed by atoms with Crippen LogP contribution in [0.5, 0.6) is 28.7 Å². The monoisotopic (exact) mass is 464 g/mol. The van der Waals surface area contributed by atoms with E-state index >= 15 is 0 Å². The number of ether oxygens (including phenoxy) is 5. The predicted molar refractivity (Wildman–Crippen MR) is 126 cm³/mol. The first-order valence-electron chi connectivity index (χ1n) is 11.2. The van der Waals surface area contributed by atoms with E-state index in [2.05, 4.69) is 6.07 Å². The third-order valence-corrected chi connectivity index (χ3v) is 6.08. The summed E-state index contributed by atoms with van der Waals surface area (Å²) >= 11 is 0. The van der Waals surface area contributed by atoms with Crippen LogP contribution in [0.1, 0.15) is 48.3 Å². The number of hydrogen-bond donors (Lipinski definition) is 0. The summed E-state index contributed by atoms with van der Waals surface area (Å²) in [7, 11) is 4.78. The first-order chi connectivity index (χ1) is 16.6. The Morgan fingerprint density at radius 3 is 2.38 bits per heavy atom. The summed E-state index contributed by atoms with van der Waals surface area (Å²) in [6.45, 7) is 4.43. The molecule has 8 heteroatoms. The quantitative estimate of drug-likeness (QED) is 0.472. The van der Waals surface area contributed by atoms with Gasteiger partial charge in [-0.3, -0.25) is 0 Å². The summed E-state index contributed by atoms with van der Waals surface area (Å²) in [4.78, 5) is 0. The second kappa shape index (κ2) is 8.85. The number of fused-ring (bicyclic) bond motifs is 3. The molecule has 0 aliphatic carbocycles. The summed E-state index contributed by atoms with van der Waals surface area (Å²) in [6.07, 6.45) is 0.140. The highest BCUT2D eigenvalue weighted by molar-refractivity contribution is 5.99. The van der Waals surface area contributed by atoms with Gasteiger partial charge in [0.1, 0.15) is 17.2 Å². The number of furan rings is 1. The first kappa shape index (κ1) is 22.0. The van der Waals surface area contributed by atoms with E-state index in [9.17, 15) is 0 Å². The van der Waals surface area contributed by atoms with Gasteiger partial charge in [-0.15, -0.1) is 0 Å². The van der Waals surface area contributed by atoms with E-state index in [-0.39, 0.29) is 6.04 Å². The maximum atomic E-state index is 6.59. The third-order valence-electron chi connectivity index (χ3n) is 6.08. The van der Waals surface area contributed by atoms with E-state index in [1.807, 2.05) is 55.3 Å². The highest BCUT2D eigenvalue weighted by Gasteiger charge is 2.43. The van der Waals surface area contributed by atoms with Gasteiger partial charge in [0, 0.05) is 17.5 Å². The van der Waals surface area contributed by atoms with Crippen LogP contribution in [0.25, 0.3) is 0 Å². The molecule has 5 rings (SSSR count). The largest absolute Gasteiger partial charge is 0.493 e. The molecule has 0 unspecified atom stereocenters. The Morgan fingerprint density at radius 1 is 1.00 bits per heavy atom. The van der Waals surface area contributed by atoms with Gasteiger partial charge in [-0.2, -0.15) is 5.10 Å². The molecule has 0 amide bonds. The van der Waals surface area contributed by atoms with Crippen molar-refractivity contribution in [2.24, 2.45) is 5.10 Å². The van der Waals surface area contributed by atoms with Crippen molar-refractivity contribution in [2.45, 2.75) is 32.5 Å². The van der Waals surface area contributed by atoms with E-state index in [0.717, 1.165) is 34.1 Å². The predicted octanol–water partition coefficient (Wildman–Crippen LogP) is 5.25. The third kappa shape index (κ3) is 3.59. The Balaban J connectivity index is 1.65. The molecule has 0 N–H and O–H groups in total. The van der Waals surface area contributed by atoms with Crippen LogP contribution < -0.4 is 23.7 Å². The molecule has 34 heavy (non-hydrogen) atoms. The summed E-state index contributed by atoms with van der Waals surface area (Å²) in [5.41, 5.74) is 2.71. The van der Waals surface area contributed by atoms with Crippen molar-refractivity contribution in [3.05, 3.63) is 65.1 Å². The molecule has 2 aromatic carbocycles. The lowest BCUT2D eigenvalue weighted by atomic mass is 9.97. The number of benzene rings is 2. The minimum absolute atomic E-state index is 0.0475. The van der Waals surface area contributed by atoms with Crippen LogP contribution in [-0.2, 0) is 0 Å². The van der Waals surface area contributed by atoms with Gasteiger partial charge in [0.2, 0.25) is 12.0 Å². The van der Waals surface area contributed by atoms with Crippen LogP contribution in [0.15, 0.2) is 52.0 Å². The highest BCUT2D eigenvalue weighted by Crippen LogP contribution is 2.52. The smallest absolute Gasteiger partial charge is 0.214 e. The number of para-hydroxylation sites is 1. The van der Waals surface area contributed by atoms with Crippen LogP contribution in [0, 0.1) is 6.92 Å². The van der Waals surface area contributed by atoms with E-state index in [1.54, 1.807) is 21.3 Å². The molecule has 1 aromatic heterocycles. The number of methoxy groups -OCH3 is 3. The summed E-state index contributed by atoms with van der Waals surface area (Å²) in [5, 5.41) is 6.94. The van der Waals surface area contributed by atoms with Crippen LogP contribution in [-0.4, -0.2) is 38.7 Å². The summed E-state index contributed by atoms with van der Waals surface area (Å²) < 4.78 is 35.1. The van der Waals surface area contributed by atoms with Gasteiger partial charge >= 0.3 is 0 Å². The van der Waals surface area contributed by atoms with Crippen LogP contribution >= 0.6 is 0 Å². The minimum Gasteiger partial charge on any atom is -0.493 e. The number of hydrogen-bond acceptors (Lipinski definition) is 8. The highest BCUT2D eigenvalue weighted by atomic mass is 16.5. The molecule has 0 saturated carbocycles. The fourth-order valence-electron chi connectivity index (χ4n) is 4.56. The Morgan fingerprint density at radius 2 is 1.76 bits per heavy atom. The van der Waals surface area contributed by atoms with Crippen LogP contribution in [0.3, 0.4) is 0 Å². The lowest BCUT2D eigenvalue weighted by Crippen LogP contribution is -2.34. The van der Waals surface area contributed by atoms with Gasteiger partial charge in [0.25, 0.3) is 0 Å². The molecule has 3 heterocycles. The Hall–Kier alpha value is -3.81. The van der Waals surface area contributed by atoms with Crippen molar-refractivity contribution in [3.8, 4) is 28.7 Å². The second-order valence-electron chi connectivity index (χ2n) is 8.09. The van der Waals surface area contributed by atoms with Gasteiger partial charge < -0.3 is 28.1 Å². The maximum absolute atomic E-state index is 6.59. The lowest BCUT2D eigenvalue weighted by Gasteiger charge is -2.39. The van der Waals surface area contributed by atoms with Crippen molar-refractivity contribution in [1.29, 1.82) is 0 Å². The van der Waals surface area contributed by atoms with Gasteiger partial charge in [0.05, 0.1) is 34.0 Å². The van der Waals surface area contributed by atoms with Crippen molar-refractivity contribution >= 4 is 5.71 Å². The Kier molecular flexibility index (Phi) is 5.73. The molecule has 8 nitrogen and oxygen atoms in total. The lowest BCUT2D eigenvalue weighted by molar-refractivity contribution is -0.0214. The van der Waals surface area contributed by atoms with Crippen LogP contribution in [0.2, 0.25) is 0 Å². The van der Waals surface area contributed by atoms with Crippen molar-refractivity contribution < 1.29 is 28.1 Å². The first-order valence-corrected chi connectivity index (χ1v) is 11.2. The molecule has 0 radical (unpaired) electrons. The van der Waals surface area contributed by atoms with E-state index in [0.29, 0.717) is 36.0 Å². The normalized spacial score (nSPS) is 18.5. The Bertz CT molecular complexity index is 1210. The average molecular weight is 465 g/mol. The maximum Gasteiger partial charge on any atom is 0.214 e. The molecule has 2 aliphatic rings. The van der Waals surface area contributed by atoms with Crippen LogP contribution in [0.4, 0.5) is 0 Å². The molecule has 0 fully saturated rings. The number of aryl methyl sites for hydroxylation is 1. The van der Waals surface area contributed by atoms with E-state index < -0.39 is 6.23 Å². The number of hydrazone groups is 1. The molecule has 0 bridgehead atoms. The molecule has 0 spiro atoms. The van der Waals surface area contributed by atoms with E-state index in [1.165, 1.54) is 0 Å². The van der Waals surface area contributed by atoms with Crippen molar-refractivity contribution in [2.75, 3.05) is 27.9 Å². The van der Waals surface area contributed by atoms with Crippen molar-refractivity contribution in [1.82, 2.24) is 5.01 Å². The van der Waals surface area contributed by atoms with Gasteiger partial charge in [-0.1, -0.05) is 12.1 Å². The minimum atomic E-state index is -0.540. The molecule has 2 atom stereocenters. The number of rotatable bonds is 7. The van der Waals surface area contributed by atoms with Gasteiger partial charge in [-0.25, -0.2) is 5.01 Å². The zero-order chi connectivity index (χ0) is 23.8. The Labute approximate surface area is 198 Å². The number of nitrogens with zero attached hydrogens (tertiary/aromatic N) is 2. The standard InChI is InChI=1S/C26H28N2O6/c1-6-32-21-9-7-8-17-19-14-18(20-11-10-15(2)33-20)27-28(19)26(34-24(17)21)16-12-22(29-3)25(31-5)23(13-16)30-4/h7-13,19,26H,6,14H2,1-5H3/t19-,26+/m1/s1. The fraction of sp³-hybridized carbons (Fsp3) is 0.346. The molecule has 3 aromatic rings. The average Bonchev–Trinajstić information content (AvgIpc) is 3.49. The molecule has 0 saturated heterocycles. The fourth-order valence-corrected chi connectivity index (χ4v) is 4.56. The van der Waals surface area contributed by atoms with Gasteiger partial charge in [0.15, 0.2) is 23.0 Å². The zero-order valence-corrected chi connectivity index (χ0v) is 20.0. The zero-order valence-electron chi connectivity index (χ0n) is 20.0. The second-order valence-corrected chi connectivity index (χ2v) is 8.09. The molecular weight excluding hydrogens is 436 g/mol. The summed E-state index contributed by atoms with van der Waals surface area (Å²) in [5.74, 6) is 4.65. The molecular formula is C26H28N2O6.